The summed E-state index contributed by atoms with van der Waals surface area (Å²) >= 11 is 0. The van der Waals surface area contributed by atoms with Gasteiger partial charge >= 0.3 is 12.1 Å². The number of halogens is 3. The van der Waals surface area contributed by atoms with Crippen LogP contribution in [0.4, 0.5) is 13.2 Å². The number of hydrogen-bond donors (Lipinski definition) is 1. The Balaban J connectivity index is 2.09. The minimum absolute atomic E-state index is 0.0133. The molecular formula is C14H15F3N2O3. The van der Waals surface area contributed by atoms with Crippen molar-refractivity contribution in [3.8, 4) is 0 Å². The molecule has 1 saturated heterocycles. The van der Waals surface area contributed by atoms with E-state index in [9.17, 15) is 22.8 Å². The highest BCUT2D eigenvalue weighted by Crippen LogP contribution is 2.32. The molecule has 1 aromatic heterocycles. The summed E-state index contributed by atoms with van der Waals surface area (Å²) in [7, 11) is 0. The molecule has 0 saturated carbocycles. The molecule has 0 spiro atoms. The summed E-state index contributed by atoms with van der Waals surface area (Å²) in [5.74, 6) is -1.72. The third-order valence-electron chi connectivity index (χ3n) is 3.68. The molecule has 5 nitrogen and oxygen atoms in total. The number of carboxylic acids is 1. The van der Waals surface area contributed by atoms with Gasteiger partial charge in [-0.3, -0.25) is 14.6 Å². The van der Waals surface area contributed by atoms with Crippen LogP contribution in [-0.2, 0) is 11.0 Å². The zero-order chi connectivity index (χ0) is 16.3. The number of aliphatic carboxylic acids is 1. The summed E-state index contributed by atoms with van der Waals surface area (Å²) < 4.78 is 38.7. The molecule has 1 aliphatic heterocycles. The van der Waals surface area contributed by atoms with E-state index in [1.165, 1.54) is 4.90 Å². The van der Waals surface area contributed by atoms with Crippen molar-refractivity contribution in [1.82, 2.24) is 9.88 Å². The van der Waals surface area contributed by atoms with Crippen molar-refractivity contribution >= 4 is 11.9 Å². The summed E-state index contributed by atoms with van der Waals surface area (Å²) in [6.45, 7) is 0.481. The Bertz CT molecular complexity index is 567. The Morgan fingerprint density at radius 1 is 1.32 bits per heavy atom. The number of rotatable bonds is 3. The molecule has 1 N–H and O–H groups in total. The van der Waals surface area contributed by atoms with Crippen LogP contribution in [0.25, 0.3) is 0 Å². The van der Waals surface area contributed by atoms with Gasteiger partial charge in [-0.2, -0.15) is 13.2 Å². The average Bonchev–Trinajstić information content (AvgIpc) is 2.46. The van der Waals surface area contributed by atoms with Crippen LogP contribution < -0.4 is 0 Å². The van der Waals surface area contributed by atoms with E-state index < -0.39 is 29.3 Å². The zero-order valence-electron chi connectivity index (χ0n) is 11.6. The maximum absolute atomic E-state index is 12.9. The fraction of sp³-hybridized carbons (Fsp3) is 0.500. The van der Waals surface area contributed by atoms with E-state index in [0.29, 0.717) is 12.8 Å². The van der Waals surface area contributed by atoms with Crippen LogP contribution in [0, 0.1) is 5.92 Å². The lowest BCUT2D eigenvalue weighted by atomic mass is 9.93. The highest BCUT2D eigenvalue weighted by atomic mass is 19.4. The summed E-state index contributed by atoms with van der Waals surface area (Å²) in [5, 5.41) is 8.73. The topological polar surface area (TPSA) is 70.5 Å². The van der Waals surface area contributed by atoms with Crippen LogP contribution >= 0.6 is 0 Å². The van der Waals surface area contributed by atoms with Gasteiger partial charge in [0.2, 0.25) is 0 Å². The molecule has 0 aromatic carbocycles. The van der Waals surface area contributed by atoms with Crippen molar-refractivity contribution in [3.63, 3.8) is 0 Å². The van der Waals surface area contributed by atoms with Gasteiger partial charge in [0.1, 0.15) is 5.69 Å². The first-order valence-corrected chi connectivity index (χ1v) is 6.82. The smallest absolute Gasteiger partial charge is 0.418 e. The summed E-state index contributed by atoms with van der Waals surface area (Å²) in [6, 6.07) is 1.97. The molecule has 0 unspecified atom stereocenters. The quantitative estimate of drug-likeness (QED) is 0.930. The number of carbonyl (C=O) groups is 2. The fourth-order valence-electron chi connectivity index (χ4n) is 2.54. The van der Waals surface area contributed by atoms with E-state index in [-0.39, 0.29) is 25.4 Å². The first-order valence-electron chi connectivity index (χ1n) is 6.82. The zero-order valence-corrected chi connectivity index (χ0v) is 11.6. The minimum Gasteiger partial charge on any atom is -0.481 e. The van der Waals surface area contributed by atoms with Gasteiger partial charge in [0, 0.05) is 25.7 Å². The number of aromatic nitrogens is 1. The van der Waals surface area contributed by atoms with Crippen LogP contribution in [0.2, 0.25) is 0 Å². The van der Waals surface area contributed by atoms with Gasteiger partial charge in [0.05, 0.1) is 5.56 Å². The largest absolute Gasteiger partial charge is 0.481 e. The third kappa shape index (κ3) is 3.75. The molecule has 22 heavy (non-hydrogen) atoms. The molecular weight excluding hydrogens is 301 g/mol. The molecule has 0 bridgehead atoms. The van der Waals surface area contributed by atoms with Crippen molar-refractivity contribution in [3.05, 3.63) is 29.6 Å². The first-order chi connectivity index (χ1) is 10.3. The molecule has 2 heterocycles. The predicted molar refractivity (Wildman–Crippen MR) is 70.1 cm³/mol. The van der Waals surface area contributed by atoms with Gasteiger partial charge in [-0.25, -0.2) is 0 Å². The Hall–Kier alpha value is -2.12. The van der Waals surface area contributed by atoms with E-state index in [0.717, 1.165) is 18.3 Å². The van der Waals surface area contributed by atoms with Crippen molar-refractivity contribution in [2.45, 2.75) is 25.4 Å². The van der Waals surface area contributed by atoms with Crippen LogP contribution in [0.5, 0.6) is 0 Å². The van der Waals surface area contributed by atoms with Gasteiger partial charge in [0.15, 0.2) is 0 Å². The van der Waals surface area contributed by atoms with Gasteiger partial charge in [0.25, 0.3) is 5.91 Å². The van der Waals surface area contributed by atoms with E-state index >= 15 is 0 Å². The lowest BCUT2D eigenvalue weighted by Crippen LogP contribution is -2.40. The monoisotopic (exact) mass is 316 g/mol. The van der Waals surface area contributed by atoms with E-state index in [2.05, 4.69) is 4.98 Å². The number of carboxylic acid groups (broad SMARTS) is 1. The second-order valence-corrected chi connectivity index (χ2v) is 5.23. The molecule has 8 heteroatoms. The third-order valence-corrected chi connectivity index (χ3v) is 3.68. The molecule has 0 radical (unpaired) electrons. The summed E-state index contributed by atoms with van der Waals surface area (Å²) in [5.41, 5.74) is -1.65. The number of nitrogens with zero attached hydrogens (tertiary/aromatic N) is 2. The lowest BCUT2D eigenvalue weighted by molar-refractivity contribution is -0.139. The highest BCUT2D eigenvalue weighted by molar-refractivity contribution is 5.94. The van der Waals surface area contributed by atoms with Gasteiger partial charge < -0.3 is 10.0 Å². The Morgan fingerprint density at radius 3 is 2.50 bits per heavy atom. The number of alkyl halides is 3. The van der Waals surface area contributed by atoms with Crippen LogP contribution in [-0.4, -0.2) is 40.0 Å². The minimum atomic E-state index is -4.64. The van der Waals surface area contributed by atoms with Gasteiger partial charge in [-0.05, 0) is 30.9 Å². The maximum Gasteiger partial charge on any atom is 0.418 e. The number of likely N-dealkylation sites (tertiary alicyclic amines) is 1. The van der Waals surface area contributed by atoms with Crippen molar-refractivity contribution < 1.29 is 27.9 Å². The van der Waals surface area contributed by atoms with Crippen molar-refractivity contribution in [2.75, 3.05) is 13.1 Å². The molecule has 0 aliphatic carbocycles. The molecule has 1 aliphatic rings. The molecule has 0 atom stereocenters. The molecule has 2 rings (SSSR count). The van der Waals surface area contributed by atoms with Crippen LogP contribution in [0.1, 0.15) is 35.3 Å². The number of pyridine rings is 1. The number of piperidine rings is 1. The molecule has 1 fully saturated rings. The summed E-state index contributed by atoms with van der Waals surface area (Å²) in [4.78, 5) is 27.8. The number of amides is 1. The highest BCUT2D eigenvalue weighted by Gasteiger charge is 2.37. The normalized spacial score (nSPS) is 16.6. The Labute approximate surface area is 124 Å². The lowest BCUT2D eigenvalue weighted by Gasteiger charge is -2.31. The fourth-order valence-corrected chi connectivity index (χ4v) is 2.54. The molecule has 1 aromatic rings. The SMILES string of the molecule is O=C(O)CC1CCN(C(=O)c2ncccc2C(F)(F)F)CC1. The maximum atomic E-state index is 12.9. The van der Waals surface area contributed by atoms with Crippen molar-refractivity contribution in [1.29, 1.82) is 0 Å². The first kappa shape index (κ1) is 16.3. The standard InChI is InChI=1S/C14H15F3N2O3/c15-14(16,17)10-2-1-5-18-12(10)13(22)19-6-3-9(4-7-19)8-11(20)21/h1-2,5,9H,3-4,6-8H2,(H,20,21). The molecule has 1 amide bonds. The number of carbonyl (C=O) groups excluding carboxylic acids is 1. The van der Waals surface area contributed by atoms with E-state index in [1.54, 1.807) is 0 Å². The van der Waals surface area contributed by atoms with Gasteiger partial charge in [-0.1, -0.05) is 0 Å². The van der Waals surface area contributed by atoms with Crippen LogP contribution in [0.15, 0.2) is 18.3 Å². The molecule has 120 valence electrons. The Kier molecular flexibility index (Phi) is 4.68. The summed E-state index contributed by atoms with van der Waals surface area (Å²) in [6.07, 6.45) is -2.54. The van der Waals surface area contributed by atoms with E-state index in [4.69, 9.17) is 5.11 Å². The second kappa shape index (κ2) is 6.33. The second-order valence-electron chi connectivity index (χ2n) is 5.23. The Morgan fingerprint density at radius 2 is 1.95 bits per heavy atom. The van der Waals surface area contributed by atoms with Crippen molar-refractivity contribution in [2.24, 2.45) is 5.92 Å². The average molecular weight is 316 g/mol. The van der Waals surface area contributed by atoms with Gasteiger partial charge in [-0.15, -0.1) is 0 Å². The number of hydrogen-bond acceptors (Lipinski definition) is 3. The van der Waals surface area contributed by atoms with Crippen LogP contribution in [0.3, 0.4) is 0 Å². The predicted octanol–water partition coefficient (Wildman–Crippen LogP) is 2.43. The van der Waals surface area contributed by atoms with E-state index in [1.807, 2.05) is 0 Å².